The van der Waals surface area contributed by atoms with E-state index in [1.165, 1.54) is 6.20 Å². The Morgan fingerprint density at radius 2 is 1.94 bits per heavy atom. The van der Waals surface area contributed by atoms with E-state index in [0.717, 1.165) is 41.4 Å². The van der Waals surface area contributed by atoms with E-state index in [1.807, 2.05) is 41.2 Å². The SMILES string of the molecule is Fc1ncccc1-c1ccc2c(c1)c(-c1cn(-c3ccncc3)nn1)nn2C1CCCCO1. The molecule has 0 amide bonds. The van der Waals surface area contributed by atoms with Crippen molar-refractivity contribution >= 4 is 10.9 Å². The molecular formula is C24H20FN7O. The van der Waals surface area contributed by atoms with Gasteiger partial charge >= 0.3 is 0 Å². The van der Waals surface area contributed by atoms with Gasteiger partial charge < -0.3 is 4.74 Å². The molecule has 1 fully saturated rings. The molecule has 4 aromatic heterocycles. The summed E-state index contributed by atoms with van der Waals surface area (Å²) in [5.74, 6) is -0.509. The molecule has 1 unspecified atom stereocenters. The van der Waals surface area contributed by atoms with E-state index in [9.17, 15) is 4.39 Å². The standard InChI is InChI=1S/C24H20FN7O/c25-24-18(4-3-10-27-24)16-6-7-21-19(14-16)23(29-32(21)22-5-1-2-13-33-22)20-15-31(30-28-20)17-8-11-26-12-9-17/h3-4,6-12,14-15,22H,1-2,5,13H2. The highest BCUT2D eigenvalue weighted by atomic mass is 19.1. The van der Waals surface area contributed by atoms with E-state index >= 15 is 0 Å². The highest BCUT2D eigenvalue weighted by Crippen LogP contribution is 2.35. The molecule has 0 N–H and O–H groups in total. The Morgan fingerprint density at radius 3 is 2.76 bits per heavy atom. The summed E-state index contributed by atoms with van der Waals surface area (Å²) in [5.41, 5.74) is 4.21. The lowest BCUT2D eigenvalue weighted by Crippen LogP contribution is -2.19. The van der Waals surface area contributed by atoms with E-state index in [1.54, 1.807) is 29.2 Å². The van der Waals surface area contributed by atoms with Gasteiger partial charge in [0.25, 0.3) is 0 Å². The van der Waals surface area contributed by atoms with Crippen molar-refractivity contribution < 1.29 is 9.13 Å². The summed E-state index contributed by atoms with van der Waals surface area (Å²) in [5, 5.41) is 14.4. The molecule has 1 saturated heterocycles. The average Bonchev–Trinajstić information content (AvgIpc) is 3.50. The second-order valence-electron chi connectivity index (χ2n) is 7.94. The van der Waals surface area contributed by atoms with Crippen molar-refractivity contribution in [1.82, 2.24) is 34.7 Å². The van der Waals surface area contributed by atoms with Gasteiger partial charge in [-0.15, -0.1) is 5.10 Å². The van der Waals surface area contributed by atoms with Crippen LogP contribution in [0.2, 0.25) is 0 Å². The van der Waals surface area contributed by atoms with Crippen LogP contribution in [-0.2, 0) is 4.74 Å². The number of hydrogen-bond donors (Lipinski definition) is 0. The smallest absolute Gasteiger partial charge is 0.220 e. The Labute approximate surface area is 188 Å². The highest BCUT2D eigenvalue weighted by Gasteiger charge is 2.23. The molecule has 0 spiro atoms. The fourth-order valence-corrected chi connectivity index (χ4v) is 4.23. The van der Waals surface area contributed by atoms with Crippen molar-refractivity contribution in [3.05, 3.63) is 73.2 Å². The molecule has 0 saturated carbocycles. The number of hydrogen-bond acceptors (Lipinski definition) is 6. The van der Waals surface area contributed by atoms with Crippen molar-refractivity contribution in [3.63, 3.8) is 0 Å². The molecule has 6 rings (SSSR count). The van der Waals surface area contributed by atoms with E-state index < -0.39 is 5.95 Å². The van der Waals surface area contributed by atoms with Crippen LogP contribution in [0.1, 0.15) is 25.5 Å². The molecule has 0 bridgehead atoms. The minimum absolute atomic E-state index is 0.147. The van der Waals surface area contributed by atoms with Gasteiger partial charge in [0, 0.05) is 36.1 Å². The molecule has 1 atom stereocenters. The van der Waals surface area contributed by atoms with Gasteiger partial charge in [-0.3, -0.25) is 4.98 Å². The maximum atomic E-state index is 14.4. The van der Waals surface area contributed by atoms with Crippen LogP contribution < -0.4 is 0 Å². The number of benzene rings is 1. The molecule has 1 aliphatic rings. The lowest BCUT2D eigenvalue weighted by Gasteiger charge is -2.23. The van der Waals surface area contributed by atoms with Gasteiger partial charge in [0.1, 0.15) is 11.4 Å². The summed E-state index contributed by atoms with van der Waals surface area (Å²) < 4.78 is 24.0. The minimum atomic E-state index is -0.509. The third kappa shape index (κ3) is 3.56. The first-order chi connectivity index (χ1) is 16.3. The van der Waals surface area contributed by atoms with Gasteiger partial charge in [-0.05, 0) is 61.2 Å². The second kappa shape index (κ2) is 8.18. The second-order valence-corrected chi connectivity index (χ2v) is 7.94. The number of ether oxygens (including phenoxy) is 1. The highest BCUT2D eigenvalue weighted by molar-refractivity contribution is 5.95. The first-order valence-corrected chi connectivity index (χ1v) is 10.9. The quantitative estimate of drug-likeness (QED) is 0.380. The largest absolute Gasteiger partial charge is 0.356 e. The molecule has 0 aliphatic carbocycles. The third-order valence-corrected chi connectivity index (χ3v) is 5.87. The summed E-state index contributed by atoms with van der Waals surface area (Å²) in [7, 11) is 0. The molecule has 0 radical (unpaired) electrons. The van der Waals surface area contributed by atoms with Gasteiger partial charge in [-0.2, -0.15) is 9.49 Å². The Bertz CT molecular complexity index is 1420. The molecular weight excluding hydrogens is 421 g/mol. The van der Waals surface area contributed by atoms with Gasteiger partial charge in [0.15, 0.2) is 6.23 Å². The number of halogens is 1. The molecule has 1 aliphatic heterocycles. The zero-order valence-corrected chi connectivity index (χ0v) is 17.7. The molecule has 5 aromatic rings. The number of fused-ring (bicyclic) bond motifs is 1. The topological polar surface area (TPSA) is 83.5 Å². The zero-order chi connectivity index (χ0) is 22.2. The first-order valence-electron chi connectivity index (χ1n) is 10.9. The maximum absolute atomic E-state index is 14.4. The summed E-state index contributed by atoms with van der Waals surface area (Å²) in [6.07, 6.45) is 9.56. The van der Waals surface area contributed by atoms with Crippen LogP contribution in [0, 0.1) is 5.95 Å². The Balaban J connectivity index is 1.51. The van der Waals surface area contributed by atoms with Crippen LogP contribution in [-0.4, -0.2) is 41.3 Å². The molecule has 9 heteroatoms. The van der Waals surface area contributed by atoms with Gasteiger partial charge in [0.05, 0.1) is 17.4 Å². The predicted octanol–water partition coefficient (Wildman–Crippen LogP) is 4.58. The summed E-state index contributed by atoms with van der Waals surface area (Å²) in [6.45, 7) is 0.707. The Kier molecular flexibility index (Phi) is 4.88. The Morgan fingerprint density at radius 1 is 1.03 bits per heavy atom. The minimum Gasteiger partial charge on any atom is -0.356 e. The van der Waals surface area contributed by atoms with Crippen LogP contribution >= 0.6 is 0 Å². The fourth-order valence-electron chi connectivity index (χ4n) is 4.23. The number of nitrogens with zero attached hydrogens (tertiary/aromatic N) is 7. The van der Waals surface area contributed by atoms with Crippen molar-refractivity contribution in [2.24, 2.45) is 0 Å². The monoisotopic (exact) mass is 441 g/mol. The molecule has 5 heterocycles. The van der Waals surface area contributed by atoms with Crippen LogP contribution in [0.25, 0.3) is 39.1 Å². The number of pyridine rings is 2. The summed E-state index contributed by atoms with van der Waals surface area (Å²) >= 11 is 0. The van der Waals surface area contributed by atoms with Gasteiger partial charge in [-0.1, -0.05) is 11.3 Å². The summed E-state index contributed by atoms with van der Waals surface area (Å²) in [6, 6.07) is 12.9. The predicted molar refractivity (Wildman–Crippen MR) is 120 cm³/mol. The molecule has 33 heavy (non-hydrogen) atoms. The zero-order valence-electron chi connectivity index (χ0n) is 17.7. The first kappa shape index (κ1) is 19.7. The molecule has 8 nitrogen and oxygen atoms in total. The third-order valence-electron chi connectivity index (χ3n) is 5.87. The lowest BCUT2D eigenvalue weighted by atomic mass is 10.0. The van der Waals surface area contributed by atoms with Crippen molar-refractivity contribution in [2.45, 2.75) is 25.5 Å². The van der Waals surface area contributed by atoms with Crippen LogP contribution in [0.15, 0.2) is 67.3 Å². The Hall–Kier alpha value is -3.98. The van der Waals surface area contributed by atoms with Crippen LogP contribution in [0.4, 0.5) is 4.39 Å². The number of aromatic nitrogens is 7. The number of rotatable bonds is 4. The van der Waals surface area contributed by atoms with Crippen molar-refractivity contribution in [3.8, 4) is 28.2 Å². The van der Waals surface area contributed by atoms with Crippen molar-refractivity contribution in [1.29, 1.82) is 0 Å². The van der Waals surface area contributed by atoms with Gasteiger partial charge in [-0.25, -0.2) is 14.3 Å². The van der Waals surface area contributed by atoms with E-state index in [0.29, 0.717) is 23.6 Å². The fraction of sp³-hybridized carbons (Fsp3) is 0.208. The van der Waals surface area contributed by atoms with Crippen LogP contribution in [0.3, 0.4) is 0 Å². The lowest BCUT2D eigenvalue weighted by molar-refractivity contribution is -0.0365. The molecule has 164 valence electrons. The van der Waals surface area contributed by atoms with E-state index in [4.69, 9.17) is 9.84 Å². The van der Waals surface area contributed by atoms with Gasteiger partial charge in [0.2, 0.25) is 5.95 Å². The molecule has 1 aromatic carbocycles. The normalized spacial score (nSPS) is 16.3. The van der Waals surface area contributed by atoms with Crippen LogP contribution in [0.5, 0.6) is 0 Å². The summed E-state index contributed by atoms with van der Waals surface area (Å²) in [4.78, 5) is 7.84. The average molecular weight is 441 g/mol. The van der Waals surface area contributed by atoms with E-state index in [-0.39, 0.29) is 6.23 Å². The van der Waals surface area contributed by atoms with E-state index in [2.05, 4.69) is 20.3 Å². The maximum Gasteiger partial charge on any atom is 0.220 e. The van der Waals surface area contributed by atoms with Crippen molar-refractivity contribution in [2.75, 3.05) is 6.61 Å².